The molecule has 0 amide bonds. The van der Waals surface area contributed by atoms with Gasteiger partial charge in [0.1, 0.15) is 6.10 Å². The first kappa shape index (κ1) is 9.65. The molecule has 0 aromatic heterocycles. The van der Waals surface area contributed by atoms with Gasteiger partial charge in [-0.3, -0.25) is 0 Å². The van der Waals surface area contributed by atoms with Crippen LogP contribution in [0, 0.1) is 33.8 Å². The van der Waals surface area contributed by atoms with Crippen molar-refractivity contribution in [1.29, 1.82) is 0 Å². The standard InChI is InChI=1S/C12H13NO4/c14-13(15)17-12-9-5-8-6-3-1-2-4-7(9)10(6)16-11(8)12/h1-4,6-12H,5H2/t6-,7+,8-,9+,10+,11+,12?/m0/s1. The van der Waals surface area contributed by atoms with Crippen molar-refractivity contribution in [3.8, 4) is 0 Å². The molecular weight excluding hydrogens is 222 g/mol. The van der Waals surface area contributed by atoms with Crippen molar-refractivity contribution in [1.82, 2.24) is 0 Å². The minimum Gasteiger partial charge on any atom is -0.371 e. The first-order chi connectivity index (χ1) is 8.25. The van der Waals surface area contributed by atoms with Gasteiger partial charge in [0, 0.05) is 11.8 Å². The average molecular weight is 235 g/mol. The van der Waals surface area contributed by atoms with E-state index >= 15 is 0 Å². The van der Waals surface area contributed by atoms with Gasteiger partial charge < -0.3 is 9.57 Å². The molecule has 2 heterocycles. The van der Waals surface area contributed by atoms with Crippen molar-refractivity contribution in [3.05, 3.63) is 34.4 Å². The van der Waals surface area contributed by atoms with Gasteiger partial charge in [0.15, 0.2) is 0 Å². The Hall–Kier alpha value is -1.36. The van der Waals surface area contributed by atoms with E-state index in [1.165, 1.54) is 0 Å². The highest BCUT2D eigenvalue weighted by Gasteiger charge is 2.64. The van der Waals surface area contributed by atoms with Crippen LogP contribution in [0.2, 0.25) is 0 Å². The van der Waals surface area contributed by atoms with E-state index in [1.807, 2.05) is 6.08 Å². The Morgan fingerprint density at radius 3 is 2.59 bits per heavy atom. The molecule has 1 unspecified atom stereocenters. The third-order valence-corrected chi connectivity index (χ3v) is 4.76. The fraction of sp³-hybridized carbons (Fsp3) is 0.667. The van der Waals surface area contributed by atoms with Crippen LogP contribution in [-0.2, 0) is 9.57 Å². The maximum Gasteiger partial charge on any atom is 0.294 e. The molecule has 90 valence electrons. The van der Waals surface area contributed by atoms with Crippen LogP contribution in [0.15, 0.2) is 24.3 Å². The van der Waals surface area contributed by atoms with Crippen LogP contribution < -0.4 is 0 Å². The smallest absolute Gasteiger partial charge is 0.294 e. The largest absolute Gasteiger partial charge is 0.371 e. The summed E-state index contributed by atoms with van der Waals surface area (Å²) < 4.78 is 5.98. The third kappa shape index (κ3) is 1.12. The molecular formula is C12H13NO4. The molecule has 0 aromatic carbocycles. The van der Waals surface area contributed by atoms with Crippen molar-refractivity contribution < 1.29 is 14.7 Å². The Balaban J connectivity index is 1.72. The maximum absolute atomic E-state index is 10.6. The van der Waals surface area contributed by atoms with Gasteiger partial charge in [-0.1, -0.05) is 24.3 Å². The lowest BCUT2D eigenvalue weighted by Crippen LogP contribution is -2.45. The van der Waals surface area contributed by atoms with Crippen molar-refractivity contribution in [2.24, 2.45) is 23.7 Å². The summed E-state index contributed by atoms with van der Waals surface area (Å²) in [5, 5.41) is 9.90. The molecule has 0 spiro atoms. The molecule has 4 fully saturated rings. The summed E-state index contributed by atoms with van der Waals surface area (Å²) >= 11 is 0. The number of ether oxygens (including phenoxy) is 1. The first-order valence-corrected chi connectivity index (χ1v) is 6.07. The molecule has 17 heavy (non-hydrogen) atoms. The van der Waals surface area contributed by atoms with Crippen molar-refractivity contribution in [3.63, 3.8) is 0 Å². The van der Waals surface area contributed by atoms with Crippen LogP contribution in [0.4, 0.5) is 0 Å². The molecule has 5 aliphatic rings. The monoisotopic (exact) mass is 235 g/mol. The van der Waals surface area contributed by atoms with Gasteiger partial charge in [0.25, 0.3) is 5.09 Å². The first-order valence-electron chi connectivity index (χ1n) is 6.07. The zero-order valence-corrected chi connectivity index (χ0v) is 9.14. The maximum atomic E-state index is 10.6. The van der Waals surface area contributed by atoms with Crippen molar-refractivity contribution in [2.45, 2.75) is 24.7 Å². The second-order valence-corrected chi connectivity index (χ2v) is 5.35. The zero-order valence-electron chi connectivity index (χ0n) is 9.14. The van der Waals surface area contributed by atoms with E-state index in [4.69, 9.17) is 9.57 Å². The van der Waals surface area contributed by atoms with E-state index in [2.05, 4.69) is 18.2 Å². The quantitative estimate of drug-likeness (QED) is 0.535. The molecule has 6 bridgehead atoms. The molecule has 5 heteroatoms. The number of rotatable bonds is 2. The Morgan fingerprint density at radius 2 is 1.88 bits per heavy atom. The van der Waals surface area contributed by atoms with Crippen LogP contribution in [0.1, 0.15) is 6.42 Å². The second kappa shape index (κ2) is 3.10. The van der Waals surface area contributed by atoms with E-state index in [9.17, 15) is 10.1 Å². The van der Waals surface area contributed by atoms with Crippen LogP contribution >= 0.6 is 0 Å². The third-order valence-electron chi connectivity index (χ3n) is 4.76. The minimum absolute atomic E-state index is 0.0761. The lowest BCUT2D eigenvalue weighted by atomic mass is 9.72. The van der Waals surface area contributed by atoms with Crippen LogP contribution in [0.25, 0.3) is 0 Å². The molecule has 0 radical (unpaired) electrons. The van der Waals surface area contributed by atoms with Gasteiger partial charge in [-0.2, -0.15) is 0 Å². The summed E-state index contributed by atoms with van der Waals surface area (Å²) in [7, 11) is 0. The summed E-state index contributed by atoms with van der Waals surface area (Å²) in [6.07, 6.45) is 9.19. The molecule has 5 rings (SSSR count). The highest BCUT2D eigenvalue weighted by Crippen LogP contribution is 2.59. The van der Waals surface area contributed by atoms with Gasteiger partial charge in [-0.25, -0.2) is 0 Å². The molecule has 3 aliphatic carbocycles. The Morgan fingerprint density at radius 1 is 1.18 bits per heavy atom. The Kier molecular flexibility index (Phi) is 1.76. The van der Waals surface area contributed by atoms with Crippen LogP contribution in [0.5, 0.6) is 0 Å². The Labute approximate surface area is 98.2 Å². The number of allylic oxidation sites excluding steroid dienone is 2. The molecule has 2 saturated heterocycles. The molecule has 5 nitrogen and oxygen atoms in total. The van der Waals surface area contributed by atoms with E-state index in [1.54, 1.807) is 0 Å². The van der Waals surface area contributed by atoms with Crippen molar-refractivity contribution in [2.75, 3.05) is 0 Å². The van der Waals surface area contributed by atoms with E-state index in [0.717, 1.165) is 6.42 Å². The molecule has 0 N–H and O–H groups in total. The summed E-state index contributed by atoms with van der Waals surface area (Å²) in [4.78, 5) is 15.4. The van der Waals surface area contributed by atoms with Gasteiger partial charge in [0.05, 0.1) is 12.2 Å². The normalized spacial score (nSPS) is 52.8. The summed E-state index contributed by atoms with van der Waals surface area (Å²) in [5.74, 6) is 1.34. The SMILES string of the molecule is O=[N+]([O-])OC1[C@@H]2C[C@H]3[C@@H]4C=CC=C[C@H]2[C@@H]4O[C@@H]13. The molecule has 2 saturated carbocycles. The van der Waals surface area contributed by atoms with Gasteiger partial charge in [-0.15, -0.1) is 10.1 Å². The number of hydrogen-bond donors (Lipinski definition) is 0. The fourth-order valence-electron chi connectivity index (χ4n) is 4.23. The molecule has 0 aromatic rings. The lowest BCUT2D eigenvalue weighted by Gasteiger charge is -2.39. The predicted octanol–water partition coefficient (Wildman–Crippen LogP) is 1.34. The number of hydrogen-bond acceptors (Lipinski definition) is 4. The van der Waals surface area contributed by atoms with Crippen LogP contribution in [-0.4, -0.2) is 23.4 Å². The summed E-state index contributed by atoms with van der Waals surface area (Å²) in [6.45, 7) is 0. The highest BCUT2D eigenvalue weighted by atomic mass is 17.0. The zero-order chi connectivity index (χ0) is 11.6. The highest BCUT2D eigenvalue weighted by molar-refractivity contribution is 5.24. The van der Waals surface area contributed by atoms with Gasteiger partial charge in [0.2, 0.25) is 0 Å². The number of nitrogens with zero attached hydrogens (tertiary/aromatic N) is 1. The summed E-state index contributed by atoms with van der Waals surface area (Å²) in [6, 6.07) is 0. The lowest BCUT2D eigenvalue weighted by molar-refractivity contribution is -0.773. The fourth-order valence-corrected chi connectivity index (χ4v) is 4.23. The van der Waals surface area contributed by atoms with Crippen LogP contribution in [0.3, 0.4) is 0 Å². The topological polar surface area (TPSA) is 61.6 Å². The summed E-state index contributed by atoms with van der Waals surface area (Å²) in [5.41, 5.74) is 0. The molecule has 7 atom stereocenters. The van der Waals surface area contributed by atoms with E-state index in [0.29, 0.717) is 11.8 Å². The minimum atomic E-state index is -0.667. The van der Waals surface area contributed by atoms with Gasteiger partial charge in [-0.05, 0) is 18.3 Å². The predicted molar refractivity (Wildman–Crippen MR) is 57.4 cm³/mol. The molecule has 2 aliphatic heterocycles. The second-order valence-electron chi connectivity index (χ2n) is 5.35. The average Bonchev–Trinajstić information content (AvgIpc) is 2.63. The van der Waals surface area contributed by atoms with E-state index in [-0.39, 0.29) is 30.1 Å². The van der Waals surface area contributed by atoms with Crippen molar-refractivity contribution >= 4 is 0 Å². The van der Waals surface area contributed by atoms with Gasteiger partial charge >= 0.3 is 0 Å². The van der Waals surface area contributed by atoms with E-state index < -0.39 is 5.09 Å². The Bertz CT molecular complexity index is 432.